The van der Waals surface area contributed by atoms with Crippen LogP contribution >= 0.6 is 0 Å². The summed E-state index contributed by atoms with van der Waals surface area (Å²) in [4.78, 5) is 0. The van der Waals surface area contributed by atoms with Gasteiger partial charge in [-0.25, -0.2) is 0 Å². The molecule has 1 aromatic rings. The topological polar surface area (TPSA) is 44.5 Å². The van der Waals surface area contributed by atoms with Gasteiger partial charge < -0.3 is 15.2 Å². The summed E-state index contributed by atoms with van der Waals surface area (Å²) in [6.45, 7) is 1.45. The van der Waals surface area contributed by atoms with Crippen LogP contribution in [0.25, 0.3) is 0 Å². The smallest absolute Gasteiger partial charge is 0.0975 e. The van der Waals surface area contributed by atoms with Crippen molar-refractivity contribution in [1.29, 1.82) is 0 Å². The predicted octanol–water partition coefficient (Wildman–Crippen LogP) is 2.01. The van der Waals surface area contributed by atoms with E-state index in [1.165, 1.54) is 11.1 Å². The van der Waals surface area contributed by atoms with Gasteiger partial charge in [-0.2, -0.15) is 0 Å². The lowest BCUT2D eigenvalue weighted by molar-refractivity contribution is 0.0000442. The molecule has 1 aliphatic rings. The second kappa shape index (κ2) is 5.43. The number of hydrogen-bond donors (Lipinski definition) is 1. The Morgan fingerprint density at radius 3 is 3.12 bits per heavy atom. The van der Waals surface area contributed by atoms with Crippen LogP contribution in [-0.2, 0) is 16.1 Å². The molecule has 0 bridgehead atoms. The second-order valence-corrected chi connectivity index (χ2v) is 4.28. The number of rotatable bonds is 3. The van der Waals surface area contributed by atoms with E-state index in [4.69, 9.17) is 15.2 Å². The Bertz CT molecular complexity index is 340. The fourth-order valence-corrected chi connectivity index (χ4v) is 2.17. The van der Waals surface area contributed by atoms with E-state index in [2.05, 4.69) is 18.2 Å². The Morgan fingerprint density at radius 2 is 2.38 bits per heavy atom. The van der Waals surface area contributed by atoms with E-state index in [0.29, 0.717) is 6.61 Å². The molecular weight excluding hydrogens is 202 g/mol. The third-order valence-electron chi connectivity index (χ3n) is 2.96. The summed E-state index contributed by atoms with van der Waals surface area (Å²) < 4.78 is 10.9. The normalized spacial score (nSPS) is 25.6. The second-order valence-electron chi connectivity index (χ2n) is 4.28. The molecule has 0 amide bonds. The number of benzene rings is 1. The Hall–Kier alpha value is -0.900. The summed E-state index contributed by atoms with van der Waals surface area (Å²) in [7, 11) is 1.70. The van der Waals surface area contributed by atoms with Gasteiger partial charge in [-0.05, 0) is 24.0 Å². The lowest BCUT2D eigenvalue weighted by atomic mass is 9.96. The van der Waals surface area contributed by atoms with Gasteiger partial charge in [-0.3, -0.25) is 0 Å². The molecule has 0 radical (unpaired) electrons. The molecule has 1 fully saturated rings. The molecule has 0 aromatic heterocycles. The SMILES string of the molecule is COCc1cccc(C2OCCCC2N)c1. The molecule has 1 heterocycles. The van der Waals surface area contributed by atoms with Crippen LogP contribution < -0.4 is 5.73 Å². The molecule has 88 valence electrons. The highest BCUT2D eigenvalue weighted by Crippen LogP contribution is 2.27. The van der Waals surface area contributed by atoms with E-state index in [0.717, 1.165) is 19.4 Å². The summed E-state index contributed by atoms with van der Waals surface area (Å²) in [6.07, 6.45) is 2.15. The first-order chi connectivity index (χ1) is 7.81. The molecule has 1 aromatic carbocycles. The number of ether oxygens (including phenoxy) is 2. The summed E-state index contributed by atoms with van der Waals surface area (Å²) in [5.41, 5.74) is 8.42. The third kappa shape index (κ3) is 2.61. The van der Waals surface area contributed by atoms with Crippen LogP contribution in [0, 0.1) is 0 Å². The fourth-order valence-electron chi connectivity index (χ4n) is 2.17. The van der Waals surface area contributed by atoms with Crippen LogP contribution in [0.15, 0.2) is 24.3 Å². The van der Waals surface area contributed by atoms with Crippen LogP contribution in [0.1, 0.15) is 30.1 Å². The average Bonchev–Trinajstić information content (AvgIpc) is 2.30. The Morgan fingerprint density at radius 1 is 1.50 bits per heavy atom. The fraction of sp³-hybridized carbons (Fsp3) is 0.538. The van der Waals surface area contributed by atoms with E-state index in [-0.39, 0.29) is 12.1 Å². The summed E-state index contributed by atoms with van der Waals surface area (Å²) >= 11 is 0. The van der Waals surface area contributed by atoms with Crippen molar-refractivity contribution in [2.75, 3.05) is 13.7 Å². The number of hydrogen-bond acceptors (Lipinski definition) is 3. The Balaban J connectivity index is 2.15. The van der Waals surface area contributed by atoms with Crippen LogP contribution in [0.2, 0.25) is 0 Å². The predicted molar refractivity (Wildman–Crippen MR) is 63.1 cm³/mol. The van der Waals surface area contributed by atoms with Gasteiger partial charge in [0.2, 0.25) is 0 Å². The lowest BCUT2D eigenvalue weighted by Gasteiger charge is -2.29. The van der Waals surface area contributed by atoms with Crippen molar-refractivity contribution >= 4 is 0 Å². The van der Waals surface area contributed by atoms with Gasteiger partial charge in [0.25, 0.3) is 0 Å². The van der Waals surface area contributed by atoms with Crippen molar-refractivity contribution in [3.05, 3.63) is 35.4 Å². The van der Waals surface area contributed by atoms with Crippen molar-refractivity contribution in [2.45, 2.75) is 31.6 Å². The zero-order valence-corrected chi connectivity index (χ0v) is 9.69. The van der Waals surface area contributed by atoms with Crippen LogP contribution in [0.4, 0.5) is 0 Å². The highest BCUT2D eigenvalue weighted by atomic mass is 16.5. The monoisotopic (exact) mass is 221 g/mol. The van der Waals surface area contributed by atoms with Crippen molar-refractivity contribution < 1.29 is 9.47 Å². The van der Waals surface area contributed by atoms with E-state index in [1.54, 1.807) is 7.11 Å². The van der Waals surface area contributed by atoms with Gasteiger partial charge in [-0.15, -0.1) is 0 Å². The Labute approximate surface area is 96.5 Å². The minimum absolute atomic E-state index is 0.0468. The molecule has 1 saturated heterocycles. The Kier molecular flexibility index (Phi) is 3.93. The maximum Gasteiger partial charge on any atom is 0.0975 e. The summed E-state index contributed by atoms with van der Waals surface area (Å²) in [5.74, 6) is 0. The maximum absolute atomic E-state index is 6.08. The van der Waals surface area contributed by atoms with Crippen LogP contribution in [0.5, 0.6) is 0 Å². The quantitative estimate of drug-likeness (QED) is 0.849. The molecule has 2 rings (SSSR count). The first-order valence-corrected chi connectivity index (χ1v) is 5.76. The van der Waals surface area contributed by atoms with Gasteiger partial charge in [0, 0.05) is 19.8 Å². The largest absolute Gasteiger partial charge is 0.380 e. The van der Waals surface area contributed by atoms with Crippen molar-refractivity contribution in [2.24, 2.45) is 5.73 Å². The lowest BCUT2D eigenvalue weighted by Crippen LogP contribution is -2.34. The molecule has 0 spiro atoms. The van der Waals surface area contributed by atoms with Crippen LogP contribution in [-0.4, -0.2) is 19.8 Å². The van der Waals surface area contributed by atoms with Gasteiger partial charge in [-0.1, -0.05) is 24.3 Å². The highest BCUT2D eigenvalue weighted by Gasteiger charge is 2.24. The molecule has 2 unspecified atom stereocenters. The third-order valence-corrected chi connectivity index (χ3v) is 2.96. The molecule has 2 N–H and O–H groups in total. The number of methoxy groups -OCH3 is 1. The molecule has 2 atom stereocenters. The average molecular weight is 221 g/mol. The van der Waals surface area contributed by atoms with Gasteiger partial charge in [0.1, 0.15) is 0 Å². The van der Waals surface area contributed by atoms with E-state index >= 15 is 0 Å². The number of nitrogens with two attached hydrogens (primary N) is 1. The maximum atomic E-state index is 6.08. The molecule has 16 heavy (non-hydrogen) atoms. The van der Waals surface area contributed by atoms with Crippen molar-refractivity contribution in [1.82, 2.24) is 0 Å². The summed E-state index contributed by atoms with van der Waals surface area (Å²) in [5, 5.41) is 0. The standard InChI is InChI=1S/C13H19NO2/c1-15-9-10-4-2-5-11(8-10)13-12(14)6-3-7-16-13/h2,4-5,8,12-13H,3,6-7,9,14H2,1H3. The molecule has 3 nitrogen and oxygen atoms in total. The van der Waals surface area contributed by atoms with Crippen molar-refractivity contribution in [3.8, 4) is 0 Å². The van der Waals surface area contributed by atoms with Crippen LogP contribution in [0.3, 0.4) is 0 Å². The molecule has 3 heteroatoms. The minimum atomic E-state index is 0.0468. The van der Waals surface area contributed by atoms with Gasteiger partial charge in [0.15, 0.2) is 0 Å². The first kappa shape index (κ1) is 11.6. The van der Waals surface area contributed by atoms with Gasteiger partial charge in [0.05, 0.1) is 12.7 Å². The molecule has 1 aliphatic heterocycles. The minimum Gasteiger partial charge on any atom is -0.380 e. The summed E-state index contributed by atoms with van der Waals surface area (Å²) in [6, 6.07) is 8.41. The zero-order chi connectivity index (χ0) is 11.4. The van der Waals surface area contributed by atoms with Gasteiger partial charge >= 0.3 is 0 Å². The highest BCUT2D eigenvalue weighted by molar-refractivity contribution is 5.26. The van der Waals surface area contributed by atoms with E-state index in [1.807, 2.05) is 6.07 Å². The molecule has 0 saturated carbocycles. The zero-order valence-electron chi connectivity index (χ0n) is 9.69. The van der Waals surface area contributed by atoms with E-state index < -0.39 is 0 Å². The molecular formula is C13H19NO2. The molecule has 0 aliphatic carbocycles. The van der Waals surface area contributed by atoms with E-state index in [9.17, 15) is 0 Å². The first-order valence-electron chi connectivity index (χ1n) is 5.76. The van der Waals surface area contributed by atoms with Crippen molar-refractivity contribution in [3.63, 3.8) is 0 Å².